The molecule has 0 aliphatic carbocycles. The molecular weight excluding hydrogens is 412 g/mol. The van der Waals surface area contributed by atoms with Gasteiger partial charge in [-0.3, -0.25) is 0 Å². The fraction of sp³-hybridized carbons (Fsp3) is 0.385. The molecule has 4 aromatic rings. The molecule has 0 saturated heterocycles. The van der Waals surface area contributed by atoms with Crippen molar-refractivity contribution < 1.29 is 4.74 Å². The number of anilines is 1. The van der Waals surface area contributed by atoms with Crippen molar-refractivity contribution >= 4 is 16.7 Å². The maximum Gasteiger partial charge on any atom is 0.152 e. The molecule has 7 heteroatoms. The third-order valence-corrected chi connectivity index (χ3v) is 5.64. The van der Waals surface area contributed by atoms with Crippen LogP contribution in [-0.2, 0) is 13.5 Å². The number of methoxy groups -OCH3 is 1. The van der Waals surface area contributed by atoms with Crippen molar-refractivity contribution in [1.29, 1.82) is 0 Å². The van der Waals surface area contributed by atoms with Gasteiger partial charge in [0.25, 0.3) is 0 Å². The molecule has 1 aromatic carbocycles. The van der Waals surface area contributed by atoms with E-state index in [-0.39, 0.29) is 5.41 Å². The highest BCUT2D eigenvalue weighted by Crippen LogP contribution is 2.29. The molecule has 0 atom stereocenters. The number of rotatable bonds is 6. The van der Waals surface area contributed by atoms with Crippen molar-refractivity contribution in [2.24, 2.45) is 12.5 Å². The summed E-state index contributed by atoms with van der Waals surface area (Å²) in [7, 11) is 3.71. The van der Waals surface area contributed by atoms with Crippen LogP contribution in [0.25, 0.3) is 22.3 Å². The Kier molecular flexibility index (Phi) is 6.06. The van der Waals surface area contributed by atoms with Crippen LogP contribution in [0.1, 0.15) is 43.5 Å². The average molecular weight is 445 g/mol. The minimum atomic E-state index is 0.133. The lowest BCUT2D eigenvalue weighted by Crippen LogP contribution is -2.20. The zero-order valence-electron chi connectivity index (χ0n) is 20.5. The number of imidazole rings is 1. The third kappa shape index (κ3) is 4.97. The van der Waals surface area contributed by atoms with Crippen molar-refractivity contribution in [2.45, 2.75) is 41.0 Å². The Bertz CT molecular complexity index is 1300. The molecule has 1 N–H and O–H groups in total. The van der Waals surface area contributed by atoms with Crippen LogP contribution in [0, 0.1) is 19.3 Å². The number of hydrogen-bond donors (Lipinski definition) is 1. The Labute approximate surface area is 195 Å². The molecule has 0 unspecified atom stereocenters. The van der Waals surface area contributed by atoms with E-state index in [0.29, 0.717) is 6.42 Å². The van der Waals surface area contributed by atoms with Gasteiger partial charge < -0.3 is 14.6 Å². The van der Waals surface area contributed by atoms with Gasteiger partial charge in [-0.05, 0) is 31.4 Å². The fourth-order valence-corrected chi connectivity index (χ4v) is 3.73. The molecule has 0 fully saturated rings. The van der Waals surface area contributed by atoms with Crippen LogP contribution in [0.4, 0.5) is 5.82 Å². The van der Waals surface area contributed by atoms with E-state index >= 15 is 0 Å². The van der Waals surface area contributed by atoms with E-state index in [2.05, 4.69) is 52.8 Å². The molecule has 0 bridgehead atoms. The molecule has 7 nitrogen and oxygen atoms in total. The van der Waals surface area contributed by atoms with Crippen molar-refractivity contribution in [3.63, 3.8) is 0 Å². The van der Waals surface area contributed by atoms with Crippen molar-refractivity contribution in [1.82, 2.24) is 24.5 Å². The standard InChI is InChI=1S/C26H32N6O/c1-16-10-20-14-27-22(31-23(20)24(30-16)29-15-26(3,4)5)12-18-8-9-19(11-21(18)33-7)25-28-13-17(2)32(25)6/h8-11,13-14H,12,15H2,1-7H3,(H,29,30). The number of benzene rings is 1. The minimum absolute atomic E-state index is 0.133. The summed E-state index contributed by atoms with van der Waals surface area (Å²) in [5.74, 6) is 3.24. The first kappa shape index (κ1) is 22.7. The van der Waals surface area contributed by atoms with Crippen LogP contribution in [0.3, 0.4) is 0 Å². The molecule has 172 valence electrons. The first-order valence-electron chi connectivity index (χ1n) is 11.2. The van der Waals surface area contributed by atoms with E-state index in [4.69, 9.17) is 14.7 Å². The summed E-state index contributed by atoms with van der Waals surface area (Å²) >= 11 is 0. The van der Waals surface area contributed by atoms with Crippen LogP contribution in [-0.4, -0.2) is 38.2 Å². The zero-order chi connectivity index (χ0) is 23.8. The van der Waals surface area contributed by atoms with Crippen LogP contribution in [0.15, 0.2) is 36.7 Å². The third-order valence-electron chi connectivity index (χ3n) is 5.64. The maximum absolute atomic E-state index is 5.71. The Morgan fingerprint density at radius 3 is 2.48 bits per heavy atom. The molecular formula is C26H32N6O. The van der Waals surface area contributed by atoms with Gasteiger partial charge >= 0.3 is 0 Å². The predicted molar refractivity (Wildman–Crippen MR) is 133 cm³/mol. The summed E-state index contributed by atoms with van der Waals surface area (Å²) in [6, 6.07) is 8.19. The molecule has 0 aliphatic heterocycles. The topological polar surface area (TPSA) is 77.8 Å². The lowest BCUT2D eigenvalue weighted by Gasteiger charge is -2.20. The first-order chi connectivity index (χ1) is 15.6. The largest absolute Gasteiger partial charge is 0.496 e. The minimum Gasteiger partial charge on any atom is -0.496 e. The molecule has 0 saturated carbocycles. The van der Waals surface area contributed by atoms with Crippen LogP contribution in [0.2, 0.25) is 0 Å². The van der Waals surface area contributed by atoms with Gasteiger partial charge in [-0.2, -0.15) is 0 Å². The molecule has 4 rings (SSSR count). The Morgan fingerprint density at radius 1 is 1.03 bits per heavy atom. The number of aryl methyl sites for hydroxylation is 2. The molecule has 0 spiro atoms. The second-order valence-corrected chi connectivity index (χ2v) is 9.74. The van der Waals surface area contributed by atoms with Crippen molar-refractivity contribution in [3.8, 4) is 17.1 Å². The van der Waals surface area contributed by atoms with E-state index in [9.17, 15) is 0 Å². The Balaban J connectivity index is 1.67. The van der Waals surface area contributed by atoms with E-state index in [1.807, 2.05) is 45.4 Å². The van der Waals surface area contributed by atoms with Crippen molar-refractivity contribution in [3.05, 3.63) is 59.4 Å². The van der Waals surface area contributed by atoms with Gasteiger partial charge in [0, 0.05) is 60.3 Å². The molecule has 0 amide bonds. The van der Waals surface area contributed by atoms with Crippen LogP contribution in [0.5, 0.6) is 5.75 Å². The van der Waals surface area contributed by atoms with Crippen LogP contribution < -0.4 is 10.1 Å². The number of hydrogen-bond acceptors (Lipinski definition) is 6. The first-order valence-corrected chi connectivity index (χ1v) is 11.2. The SMILES string of the molecule is COc1cc(-c2ncc(C)n2C)ccc1Cc1ncc2cc(C)nc(NCC(C)(C)C)c2n1. The van der Waals surface area contributed by atoms with Gasteiger partial charge in [0.15, 0.2) is 5.82 Å². The van der Waals surface area contributed by atoms with Gasteiger partial charge in [-0.25, -0.2) is 19.9 Å². The van der Waals surface area contributed by atoms with E-state index < -0.39 is 0 Å². The van der Waals surface area contributed by atoms with Gasteiger partial charge in [0.05, 0.1) is 7.11 Å². The summed E-state index contributed by atoms with van der Waals surface area (Å²) in [6.07, 6.45) is 4.32. The molecule has 0 radical (unpaired) electrons. The van der Waals surface area contributed by atoms with Gasteiger partial charge in [-0.1, -0.05) is 32.9 Å². The second-order valence-electron chi connectivity index (χ2n) is 9.74. The Hall–Kier alpha value is -3.48. The summed E-state index contributed by atoms with van der Waals surface area (Å²) in [6.45, 7) is 11.4. The zero-order valence-corrected chi connectivity index (χ0v) is 20.5. The van der Waals surface area contributed by atoms with Crippen LogP contribution >= 0.6 is 0 Å². The second kappa shape index (κ2) is 8.81. The molecule has 3 heterocycles. The summed E-state index contributed by atoms with van der Waals surface area (Å²) in [4.78, 5) is 18.7. The average Bonchev–Trinajstić information content (AvgIpc) is 3.10. The lowest BCUT2D eigenvalue weighted by atomic mass is 9.97. The molecule has 3 aromatic heterocycles. The quantitative estimate of drug-likeness (QED) is 0.446. The molecule has 0 aliphatic rings. The van der Waals surface area contributed by atoms with Crippen molar-refractivity contribution in [2.75, 3.05) is 19.0 Å². The summed E-state index contributed by atoms with van der Waals surface area (Å²) in [5.41, 5.74) is 5.06. The highest BCUT2D eigenvalue weighted by Gasteiger charge is 2.15. The predicted octanol–water partition coefficient (Wildman–Crippen LogP) is 5.10. The summed E-state index contributed by atoms with van der Waals surface area (Å²) < 4.78 is 7.78. The smallest absolute Gasteiger partial charge is 0.152 e. The van der Waals surface area contributed by atoms with E-state index in [0.717, 1.165) is 63.2 Å². The van der Waals surface area contributed by atoms with E-state index in [1.165, 1.54) is 0 Å². The Morgan fingerprint density at radius 2 is 1.82 bits per heavy atom. The molecule has 33 heavy (non-hydrogen) atoms. The van der Waals surface area contributed by atoms with Gasteiger partial charge in [0.2, 0.25) is 0 Å². The fourth-order valence-electron chi connectivity index (χ4n) is 3.73. The summed E-state index contributed by atoms with van der Waals surface area (Å²) in [5, 5.41) is 4.46. The lowest BCUT2D eigenvalue weighted by molar-refractivity contribution is 0.410. The van der Waals surface area contributed by atoms with E-state index in [1.54, 1.807) is 7.11 Å². The monoisotopic (exact) mass is 444 g/mol. The number of pyridine rings is 1. The highest BCUT2D eigenvalue weighted by atomic mass is 16.5. The maximum atomic E-state index is 5.71. The highest BCUT2D eigenvalue weighted by molar-refractivity contribution is 5.88. The number of aromatic nitrogens is 5. The number of ether oxygens (including phenoxy) is 1. The normalized spacial score (nSPS) is 11.7. The number of nitrogens with one attached hydrogen (secondary N) is 1. The van der Waals surface area contributed by atoms with Gasteiger partial charge in [-0.15, -0.1) is 0 Å². The number of nitrogens with zero attached hydrogens (tertiary/aromatic N) is 5. The number of fused-ring (bicyclic) bond motifs is 1. The van der Waals surface area contributed by atoms with Gasteiger partial charge in [0.1, 0.15) is 22.9 Å².